The van der Waals surface area contributed by atoms with Gasteiger partial charge in [-0.25, -0.2) is 9.37 Å². The molecule has 150 valence electrons. The molecular weight excluding hydrogens is 376 g/mol. The van der Waals surface area contributed by atoms with Crippen molar-refractivity contribution in [1.29, 1.82) is 0 Å². The average Bonchev–Trinajstić information content (AvgIpc) is 2.68. The zero-order valence-corrected chi connectivity index (χ0v) is 15.0. The Morgan fingerprint density at radius 2 is 1.75 bits per heavy atom. The van der Waals surface area contributed by atoms with E-state index < -0.39 is 23.6 Å². The molecule has 1 saturated heterocycles. The number of carbonyl (C=O) groups excluding carboxylic acids is 1. The van der Waals surface area contributed by atoms with Gasteiger partial charge in [0.2, 0.25) is 0 Å². The van der Waals surface area contributed by atoms with Crippen LogP contribution in [0.2, 0.25) is 0 Å². The maximum absolute atomic E-state index is 13.6. The van der Waals surface area contributed by atoms with Gasteiger partial charge in [0.15, 0.2) is 0 Å². The number of hydrogen-bond acceptors (Lipinski definition) is 4. The van der Waals surface area contributed by atoms with Gasteiger partial charge in [-0.1, -0.05) is 18.2 Å². The molecule has 1 amide bonds. The number of benzene rings is 1. The summed E-state index contributed by atoms with van der Waals surface area (Å²) >= 11 is 0. The largest absolute Gasteiger partial charge is 0.433 e. The van der Waals surface area contributed by atoms with Crippen LogP contribution in [0.3, 0.4) is 0 Å². The number of aromatic nitrogens is 1. The molecule has 1 N–H and O–H groups in total. The topological polar surface area (TPSA) is 48.5 Å². The fourth-order valence-electron chi connectivity index (χ4n) is 3.03. The first kappa shape index (κ1) is 20.1. The first-order chi connectivity index (χ1) is 13.3. The first-order valence-electron chi connectivity index (χ1n) is 8.89. The van der Waals surface area contributed by atoms with E-state index >= 15 is 0 Å². The molecule has 28 heavy (non-hydrogen) atoms. The Morgan fingerprint density at radius 3 is 2.43 bits per heavy atom. The van der Waals surface area contributed by atoms with Crippen molar-refractivity contribution in [2.24, 2.45) is 0 Å². The van der Waals surface area contributed by atoms with Gasteiger partial charge in [-0.3, -0.25) is 9.69 Å². The fourth-order valence-corrected chi connectivity index (χ4v) is 3.03. The van der Waals surface area contributed by atoms with Gasteiger partial charge in [0.1, 0.15) is 17.3 Å². The Labute approximate surface area is 160 Å². The fraction of sp³-hybridized carbons (Fsp3) is 0.368. The Morgan fingerprint density at radius 1 is 1.04 bits per heavy atom. The molecule has 2 aromatic rings. The predicted molar refractivity (Wildman–Crippen MR) is 96.6 cm³/mol. The van der Waals surface area contributed by atoms with Gasteiger partial charge in [-0.05, 0) is 24.3 Å². The first-order valence-corrected chi connectivity index (χ1v) is 8.89. The molecule has 0 radical (unpaired) electrons. The molecule has 0 unspecified atom stereocenters. The van der Waals surface area contributed by atoms with Crippen molar-refractivity contribution < 1.29 is 22.4 Å². The quantitative estimate of drug-likeness (QED) is 0.790. The van der Waals surface area contributed by atoms with E-state index in [-0.39, 0.29) is 5.56 Å². The van der Waals surface area contributed by atoms with E-state index in [0.29, 0.717) is 45.1 Å². The predicted octanol–water partition coefficient (Wildman–Crippen LogP) is 2.79. The van der Waals surface area contributed by atoms with Crippen LogP contribution in [-0.4, -0.2) is 55.1 Å². The van der Waals surface area contributed by atoms with E-state index in [4.69, 9.17) is 0 Å². The van der Waals surface area contributed by atoms with Crippen molar-refractivity contribution in [3.8, 4) is 0 Å². The molecule has 1 aromatic heterocycles. The molecule has 5 nitrogen and oxygen atoms in total. The van der Waals surface area contributed by atoms with E-state index in [1.165, 1.54) is 24.3 Å². The van der Waals surface area contributed by atoms with Gasteiger partial charge in [0.25, 0.3) is 5.91 Å². The van der Waals surface area contributed by atoms with Gasteiger partial charge < -0.3 is 10.2 Å². The van der Waals surface area contributed by atoms with Crippen molar-refractivity contribution in [3.05, 3.63) is 59.5 Å². The summed E-state index contributed by atoms with van der Waals surface area (Å²) in [6, 6.07) is 9.65. The van der Waals surface area contributed by atoms with Crippen LogP contribution in [0.1, 0.15) is 16.1 Å². The van der Waals surface area contributed by atoms with E-state index in [0.717, 1.165) is 6.07 Å². The number of halogens is 4. The minimum Gasteiger partial charge on any atom is -0.354 e. The summed E-state index contributed by atoms with van der Waals surface area (Å²) in [5.74, 6) is -0.727. The maximum Gasteiger partial charge on any atom is 0.433 e. The third-order valence-electron chi connectivity index (χ3n) is 4.55. The lowest BCUT2D eigenvalue weighted by molar-refractivity contribution is -0.141. The highest BCUT2D eigenvalue weighted by Gasteiger charge is 2.33. The zero-order chi connectivity index (χ0) is 20.1. The number of pyridine rings is 1. The minimum atomic E-state index is -4.46. The summed E-state index contributed by atoms with van der Waals surface area (Å²) in [5.41, 5.74) is -0.897. The summed E-state index contributed by atoms with van der Waals surface area (Å²) in [4.78, 5) is 19.6. The summed E-state index contributed by atoms with van der Waals surface area (Å²) < 4.78 is 52.0. The van der Waals surface area contributed by atoms with E-state index in [2.05, 4.69) is 15.2 Å². The summed E-state index contributed by atoms with van der Waals surface area (Å²) in [7, 11) is 0. The summed E-state index contributed by atoms with van der Waals surface area (Å²) in [6.45, 7) is 3.27. The van der Waals surface area contributed by atoms with E-state index in [9.17, 15) is 22.4 Å². The summed E-state index contributed by atoms with van der Waals surface area (Å²) in [5, 5.41) is 2.68. The van der Waals surface area contributed by atoms with Crippen LogP contribution in [-0.2, 0) is 6.18 Å². The summed E-state index contributed by atoms with van der Waals surface area (Å²) in [6.07, 6.45) is -4.46. The Kier molecular flexibility index (Phi) is 6.13. The molecule has 0 bridgehead atoms. The zero-order valence-electron chi connectivity index (χ0n) is 15.0. The molecule has 1 fully saturated rings. The molecule has 0 aliphatic carbocycles. The van der Waals surface area contributed by atoms with E-state index in [1.54, 1.807) is 12.1 Å². The number of anilines is 1. The second kappa shape index (κ2) is 8.55. The number of rotatable bonds is 5. The smallest absolute Gasteiger partial charge is 0.354 e. The van der Waals surface area contributed by atoms with Crippen LogP contribution in [0.5, 0.6) is 0 Å². The normalized spacial score (nSPS) is 15.5. The molecule has 3 rings (SSSR count). The molecular formula is C19H20F4N4O. The number of hydrogen-bond donors (Lipinski definition) is 1. The number of carbonyl (C=O) groups is 1. The molecule has 1 aliphatic heterocycles. The number of piperazine rings is 1. The molecule has 1 aliphatic rings. The van der Waals surface area contributed by atoms with Crippen LogP contribution in [0.15, 0.2) is 42.5 Å². The lowest BCUT2D eigenvalue weighted by Crippen LogP contribution is -2.48. The second-order valence-electron chi connectivity index (χ2n) is 6.44. The van der Waals surface area contributed by atoms with Gasteiger partial charge in [0.05, 0.1) is 5.56 Å². The second-order valence-corrected chi connectivity index (χ2v) is 6.44. The van der Waals surface area contributed by atoms with Crippen molar-refractivity contribution in [1.82, 2.24) is 15.2 Å². The van der Waals surface area contributed by atoms with Crippen LogP contribution < -0.4 is 10.2 Å². The van der Waals surface area contributed by atoms with Crippen LogP contribution in [0.25, 0.3) is 0 Å². The van der Waals surface area contributed by atoms with Gasteiger partial charge in [-0.2, -0.15) is 13.2 Å². The van der Waals surface area contributed by atoms with Crippen LogP contribution in [0, 0.1) is 5.82 Å². The molecule has 2 heterocycles. The molecule has 9 heteroatoms. The van der Waals surface area contributed by atoms with Crippen molar-refractivity contribution >= 4 is 11.7 Å². The average molecular weight is 396 g/mol. The third kappa shape index (κ3) is 4.98. The van der Waals surface area contributed by atoms with Crippen LogP contribution in [0.4, 0.5) is 23.4 Å². The van der Waals surface area contributed by atoms with Gasteiger partial charge in [0, 0.05) is 39.3 Å². The lowest BCUT2D eigenvalue weighted by Gasteiger charge is -2.35. The number of nitrogens with zero attached hydrogens (tertiary/aromatic N) is 3. The highest BCUT2D eigenvalue weighted by molar-refractivity contribution is 5.94. The number of nitrogens with one attached hydrogen (secondary N) is 1. The lowest BCUT2D eigenvalue weighted by atomic mass is 10.2. The standard InChI is InChI=1S/C19H20F4N4O/c20-15-5-2-1-4-14(15)18(28)24-8-9-26-10-12-27(13-11-26)17-7-3-6-16(25-17)19(21,22)23/h1-7H,8-13H2,(H,24,28). The number of amides is 1. The van der Waals surface area contributed by atoms with Crippen LogP contribution >= 0.6 is 0 Å². The Balaban J connectivity index is 1.46. The molecule has 0 spiro atoms. The van der Waals surface area contributed by atoms with Crippen molar-refractivity contribution in [2.45, 2.75) is 6.18 Å². The molecule has 0 atom stereocenters. The third-order valence-corrected chi connectivity index (χ3v) is 4.55. The van der Waals surface area contributed by atoms with Gasteiger partial charge >= 0.3 is 6.18 Å². The van der Waals surface area contributed by atoms with Crippen molar-refractivity contribution in [2.75, 3.05) is 44.2 Å². The highest BCUT2D eigenvalue weighted by Crippen LogP contribution is 2.29. The van der Waals surface area contributed by atoms with Gasteiger partial charge in [-0.15, -0.1) is 0 Å². The van der Waals surface area contributed by atoms with Crippen molar-refractivity contribution in [3.63, 3.8) is 0 Å². The minimum absolute atomic E-state index is 0.00272. The highest BCUT2D eigenvalue weighted by atomic mass is 19.4. The van der Waals surface area contributed by atoms with E-state index in [1.807, 2.05) is 4.90 Å². The SMILES string of the molecule is O=C(NCCN1CCN(c2cccc(C(F)(F)F)n2)CC1)c1ccccc1F. The molecule has 1 aromatic carbocycles. The number of alkyl halides is 3. The Hall–Kier alpha value is -2.68. The monoisotopic (exact) mass is 396 g/mol. The Bertz CT molecular complexity index is 820. The maximum atomic E-state index is 13.6. The molecule has 0 saturated carbocycles.